The lowest BCUT2D eigenvalue weighted by molar-refractivity contribution is 0.141. The van der Waals surface area contributed by atoms with Crippen LogP contribution in [0.2, 0.25) is 0 Å². The minimum Gasteiger partial charge on any atom is -0.488 e. The van der Waals surface area contributed by atoms with Gasteiger partial charge in [-0.25, -0.2) is 0 Å². The fourth-order valence-electron chi connectivity index (χ4n) is 1.75. The standard InChI is InChI=1S/C13H19O3P.H3P/c1-10-4-5-11(8-13(10)16-17(2)3)15-12-6-7-14-9-12;/h4-5,8,12H,6-7,9H2,1-3H3;1H3/t12-;/m1./s1. The number of benzene rings is 1. The van der Waals surface area contributed by atoms with E-state index in [1.54, 1.807) is 0 Å². The van der Waals surface area contributed by atoms with Gasteiger partial charge in [-0.3, -0.25) is 0 Å². The van der Waals surface area contributed by atoms with Gasteiger partial charge < -0.3 is 14.0 Å². The molecule has 0 aromatic heterocycles. The molecule has 1 unspecified atom stereocenters. The minimum atomic E-state index is -0.401. The first-order chi connectivity index (χ1) is 8.15. The van der Waals surface area contributed by atoms with Crippen LogP contribution in [0.25, 0.3) is 0 Å². The third-order valence-electron chi connectivity index (χ3n) is 2.63. The smallest absolute Gasteiger partial charge is 0.129 e. The topological polar surface area (TPSA) is 27.7 Å². The van der Waals surface area contributed by atoms with Crippen LogP contribution in [0, 0.1) is 6.92 Å². The fourth-order valence-corrected chi connectivity index (χ4v) is 2.34. The third kappa shape index (κ3) is 4.39. The van der Waals surface area contributed by atoms with E-state index in [0.29, 0.717) is 6.61 Å². The van der Waals surface area contributed by atoms with Crippen LogP contribution in [0.5, 0.6) is 11.5 Å². The monoisotopic (exact) mass is 288 g/mol. The zero-order valence-electron chi connectivity index (χ0n) is 11.3. The third-order valence-corrected chi connectivity index (χ3v) is 3.19. The van der Waals surface area contributed by atoms with Crippen molar-refractivity contribution in [1.29, 1.82) is 0 Å². The molecule has 18 heavy (non-hydrogen) atoms. The Morgan fingerprint density at radius 1 is 1.33 bits per heavy atom. The Balaban J connectivity index is 0.00000162. The molecular formula is C13H22O3P2. The summed E-state index contributed by atoms with van der Waals surface area (Å²) in [5.41, 5.74) is 1.15. The molecule has 0 N–H and O–H groups in total. The van der Waals surface area contributed by atoms with E-state index in [-0.39, 0.29) is 16.0 Å². The second kappa shape index (κ2) is 7.28. The van der Waals surface area contributed by atoms with E-state index < -0.39 is 8.15 Å². The predicted molar refractivity (Wildman–Crippen MR) is 81.5 cm³/mol. The molecule has 2 atom stereocenters. The highest BCUT2D eigenvalue weighted by Crippen LogP contribution is 2.34. The van der Waals surface area contributed by atoms with Gasteiger partial charge in [0.2, 0.25) is 0 Å². The number of ether oxygens (including phenoxy) is 2. The van der Waals surface area contributed by atoms with Gasteiger partial charge in [-0.15, -0.1) is 0 Å². The van der Waals surface area contributed by atoms with Crippen molar-refractivity contribution >= 4 is 18.0 Å². The molecule has 1 heterocycles. The van der Waals surface area contributed by atoms with Crippen molar-refractivity contribution in [2.75, 3.05) is 26.5 Å². The van der Waals surface area contributed by atoms with Gasteiger partial charge >= 0.3 is 0 Å². The van der Waals surface area contributed by atoms with Crippen molar-refractivity contribution in [3.8, 4) is 11.5 Å². The molecule has 0 spiro atoms. The summed E-state index contributed by atoms with van der Waals surface area (Å²) in [6.07, 6.45) is 1.16. The van der Waals surface area contributed by atoms with Crippen molar-refractivity contribution in [3.05, 3.63) is 23.8 Å². The molecule has 1 aromatic carbocycles. The first-order valence-electron chi connectivity index (χ1n) is 5.85. The highest BCUT2D eigenvalue weighted by molar-refractivity contribution is 7.51. The Morgan fingerprint density at radius 2 is 2.11 bits per heavy atom. The van der Waals surface area contributed by atoms with Crippen molar-refractivity contribution in [2.24, 2.45) is 0 Å². The molecule has 1 fully saturated rings. The molecule has 0 bridgehead atoms. The van der Waals surface area contributed by atoms with Crippen molar-refractivity contribution in [3.63, 3.8) is 0 Å². The lowest BCUT2D eigenvalue weighted by atomic mass is 10.2. The van der Waals surface area contributed by atoms with E-state index in [2.05, 4.69) is 20.3 Å². The van der Waals surface area contributed by atoms with Gasteiger partial charge in [-0.1, -0.05) is 6.07 Å². The summed E-state index contributed by atoms with van der Waals surface area (Å²) in [6.45, 7) is 7.73. The van der Waals surface area contributed by atoms with Crippen molar-refractivity contribution in [2.45, 2.75) is 19.4 Å². The summed E-state index contributed by atoms with van der Waals surface area (Å²) in [7, 11) is -0.401. The highest BCUT2D eigenvalue weighted by Gasteiger charge is 2.17. The summed E-state index contributed by atoms with van der Waals surface area (Å²) in [5.74, 6) is 1.80. The molecule has 0 radical (unpaired) electrons. The zero-order chi connectivity index (χ0) is 12.3. The average molecular weight is 288 g/mol. The highest BCUT2D eigenvalue weighted by atomic mass is 31.1. The van der Waals surface area contributed by atoms with E-state index in [0.717, 1.165) is 30.1 Å². The lowest BCUT2D eigenvalue weighted by Gasteiger charge is -2.16. The average Bonchev–Trinajstić information content (AvgIpc) is 2.75. The van der Waals surface area contributed by atoms with Crippen molar-refractivity contribution < 1.29 is 14.0 Å². The molecule has 0 aliphatic carbocycles. The maximum absolute atomic E-state index is 5.85. The van der Waals surface area contributed by atoms with E-state index in [9.17, 15) is 0 Å². The van der Waals surface area contributed by atoms with Gasteiger partial charge in [0.1, 0.15) is 17.6 Å². The number of aryl methyl sites for hydroxylation is 1. The molecule has 102 valence electrons. The molecular weight excluding hydrogens is 266 g/mol. The van der Waals surface area contributed by atoms with Crippen LogP contribution in [0.15, 0.2) is 18.2 Å². The van der Waals surface area contributed by atoms with Crippen LogP contribution in [-0.2, 0) is 4.74 Å². The van der Waals surface area contributed by atoms with Gasteiger partial charge in [-0.2, -0.15) is 9.90 Å². The van der Waals surface area contributed by atoms with E-state index in [1.165, 1.54) is 0 Å². The van der Waals surface area contributed by atoms with E-state index in [4.69, 9.17) is 14.0 Å². The maximum atomic E-state index is 5.85. The van der Waals surface area contributed by atoms with Crippen molar-refractivity contribution in [1.82, 2.24) is 0 Å². The Labute approximate surface area is 114 Å². The fraction of sp³-hybridized carbons (Fsp3) is 0.538. The summed E-state index contributed by atoms with van der Waals surface area (Å²) < 4.78 is 17.0. The lowest BCUT2D eigenvalue weighted by Crippen LogP contribution is -2.15. The van der Waals surface area contributed by atoms with Gasteiger partial charge in [-0.05, 0) is 31.9 Å². The van der Waals surface area contributed by atoms with E-state index in [1.807, 2.05) is 18.2 Å². The normalized spacial score (nSPS) is 18.6. The van der Waals surface area contributed by atoms with Gasteiger partial charge in [0.25, 0.3) is 0 Å². The zero-order valence-corrected chi connectivity index (χ0v) is 13.6. The first kappa shape index (κ1) is 15.7. The van der Waals surface area contributed by atoms with Crippen LogP contribution < -0.4 is 9.26 Å². The van der Waals surface area contributed by atoms with Gasteiger partial charge in [0.05, 0.1) is 21.4 Å². The number of hydrogen-bond donors (Lipinski definition) is 0. The molecule has 0 saturated carbocycles. The molecule has 1 saturated heterocycles. The molecule has 1 aliphatic rings. The molecule has 1 aliphatic heterocycles. The van der Waals surface area contributed by atoms with Crippen LogP contribution in [0.1, 0.15) is 12.0 Å². The predicted octanol–water partition coefficient (Wildman–Crippen LogP) is 3.26. The van der Waals surface area contributed by atoms with Gasteiger partial charge in [0, 0.05) is 12.5 Å². The number of hydrogen-bond acceptors (Lipinski definition) is 3. The second-order valence-corrected chi connectivity index (χ2v) is 6.24. The maximum Gasteiger partial charge on any atom is 0.129 e. The molecule has 2 rings (SSSR count). The molecule has 3 nitrogen and oxygen atoms in total. The SMILES string of the molecule is Cc1ccc(O[C@@H]2CCOC2)cc1OP(C)C.P. The minimum absolute atomic E-state index is 0. The quantitative estimate of drug-likeness (QED) is 0.796. The number of rotatable bonds is 4. The van der Waals surface area contributed by atoms with Crippen LogP contribution in [-0.4, -0.2) is 32.6 Å². The van der Waals surface area contributed by atoms with Gasteiger partial charge in [0.15, 0.2) is 0 Å². The Hall–Kier alpha value is -0.360. The largest absolute Gasteiger partial charge is 0.488 e. The summed E-state index contributed by atoms with van der Waals surface area (Å²) >= 11 is 0. The molecule has 1 aromatic rings. The summed E-state index contributed by atoms with van der Waals surface area (Å²) in [6, 6.07) is 6.02. The van der Waals surface area contributed by atoms with E-state index >= 15 is 0 Å². The molecule has 0 amide bonds. The van der Waals surface area contributed by atoms with Crippen LogP contribution >= 0.6 is 18.0 Å². The Kier molecular flexibility index (Phi) is 6.35. The van der Waals surface area contributed by atoms with Crippen LogP contribution in [0.3, 0.4) is 0 Å². The molecule has 5 heteroatoms. The summed E-state index contributed by atoms with van der Waals surface area (Å²) in [5, 5.41) is 0. The first-order valence-corrected chi connectivity index (χ1v) is 8.01. The summed E-state index contributed by atoms with van der Waals surface area (Å²) in [4.78, 5) is 0. The van der Waals surface area contributed by atoms with Crippen LogP contribution in [0.4, 0.5) is 0 Å². The Bertz CT molecular complexity index is 376. The Morgan fingerprint density at radius 3 is 2.72 bits per heavy atom. The second-order valence-electron chi connectivity index (χ2n) is 4.43.